The normalized spacial score (nSPS) is 17.2. The van der Waals surface area contributed by atoms with Crippen molar-refractivity contribution in [1.82, 2.24) is 9.97 Å². The topological polar surface area (TPSA) is 72.0 Å². The molecule has 1 fully saturated rings. The van der Waals surface area contributed by atoms with E-state index < -0.39 is 9.84 Å². The molecule has 7 heteroatoms. The molecular weight excluding hydrogens is 286 g/mol. The molecule has 19 heavy (non-hydrogen) atoms. The van der Waals surface area contributed by atoms with Gasteiger partial charge in [0.05, 0.1) is 5.75 Å². The summed E-state index contributed by atoms with van der Waals surface area (Å²) in [5, 5.41) is 3.60. The SMILES string of the molecule is CC(CCS(C)(=O)=O)Nc1cc(Cl)nc(C2CC2)n1. The van der Waals surface area contributed by atoms with E-state index in [9.17, 15) is 8.42 Å². The monoisotopic (exact) mass is 303 g/mol. The number of aromatic nitrogens is 2. The molecule has 0 spiro atoms. The first kappa shape index (κ1) is 14.5. The number of nitrogens with one attached hydrogen (secondary N) is 1. The van der Waals surface area contributed by atoms with E-state index >= 15 is 0 Å². The van der Waals surface area contributed by atoms with E-state index in [-0.39, 0.29) is 11.8 Å². The van der Waals surface area contributed by atoms with Gasteiger partial charge in [0.1, 0.15) is 26.6 Å². The minimum absolute atomic E-state index is 0.0211. The zero-order valence-corrected chi connectivity index (χ0v) is 12.6. The highest BCUT2D eigenvalue weighted by molar-refractivity contribution is 7.90. The van der Waals surface area contributed by atoms with Crippen molar-refractivity contribution in [1.29, 1.82) is 0 Å². The highest BCUT2D eigenvalue weighted by Crippen LogP contribution is 2.38. The first-order valence-corrected chi connectivity index (χ1v) is 8.76. The van der Waals surface area contributed by atoms with Crippen LogP contribution >= 0.6 is 11.6 Å². The van der Waals surface area contributed by atoms with Gasteiger partial charge in [-0.2, -0.15) is 0 Å². The highest BCUT2D eigenvalue weighted by Gasteiger charge is 2.27. The third-order valence-corrected chi connectivity index (χ3v) is 4.14. The molecule has 1 aromatic rings. The summed E-state index contributed by atoms with van der Waals surface area (Å²) in [7, 11) is -2.93. The molecular formula is C12H18ClN3O2S. The van der Waals surface area contributed by atoms with E-state index in [1.807, 2.05) is 6.92 Å². The lowest BCUT2D eigenvalue weighted by Crippen LogP contribution is -2.20. The van der Waals surface area contributed by atoms with Crippen molar-refractivity contribution in [3.8, 4) is 0 Å². The summed E-state index contributed by atoms with van der Waals surface area (Å²) in [6.07, 6.45) is 4.01. The fraction of sp³-hybridized carbons (Fsp3) is 0.667. The molecule has 0 amide bonds. The number of nitrogens with zero attached hydrogens (tertiary/aromatic N) is 2. The van der Waals surface area contributed by atoms with Crippen molar-refractivity contribution in [3.63, 3.8) is 0 Å². The van der Waals surface area contributed by atoms with Gasteiger partial charge in [-0.25, -0.2) is 18.4 Å². The van der Waals surface area contributed by atoms with Crippen molar-refractivity contribution in [2.24, 2.45) is 0 Å². The third-order valence-electron chi connectivity index (χ3n) is 2.97. The second kappa shape index (κ2) is 5.63. The minimum atomic E-state index is -2.93. The van der Waals surface area contributed by atoms with Gasteiger partial charge in [-0.15, -0.1) is 0 Å². The molecule has 5 nitrogen and oxygen atoms in total. The molecule has 1 unspecified atom stereocenters. The molecule has 0 aromatic carbocycles. The smallest absolute Gasteiger partial charge is 0.147 e. The number of halogens is 1. The van der Waals surface area contributed by atoms with Crippen LogP contribution in [0.2, 0.25) is 5.15 Å². The first-order valence-electron chi connectivity index (χ1n) is 6.32. The first-order chi connectivity index (χ1) is 8.83. The van der Waals surface area contributed by atoms with Crippen molar-refractivity contribution in [2.45, 2.75) is 38.1 Å². The quantitative estimate of drug-likeness (QED) is 0.816. The zero-order chi connectivity index (χ0) is 14.0. The van der Waals surface area contributed by atoms with Crippen LogP contribution in [0.1, 0.15) is 37.9 Å². The van der Waals surface area contributed by atoms with Gasteiger partial charge in [0, 0.05) is 24.3 Å². The second-order valence-corrected chi connectivity index (χ2v) is 7.82. The Balaban J connectivity index is 1.98. The lowest BCUT2D eigenvalue weighted by molar-refractivity contribution is 0.595. The Morgan fingerprint density at radius 2 is 2.16 bits per heavy atom. The van der Waals surface area contributed by atoms with Crippen molar-refractivity contribution in [2.75, 3.05) is 17.3 Å². The summed E-state index contributed by atoms with van der Waals surface area (Å²) in [6.45, 7) is 1.93. The second-order valence-electron chi connectivity index (χ2n) is 5.17. The van der Waals surface area contributed by atoms with Crippen molar-refractivity contribution in [3.05, 3.63) is 17.0 Å². The fourth-order valence-corrected chi connectivity index (χ4v) is 2.72. The average Bonchev–Trinajstić information content (AvgIpc) is 3.08. The molecule has 1 heterocycles. The summed E-state index contributed by atoms with van der Waals surface area (Å²) in [5.74, 6) is 2.05. The number of sulfone groups is 1. The Bertz CT molecular complexity index is 558. The molecule has 0 bridgehead atoms. The van der Waals surface area contributed by atoms with E-state index in [0.29, 0.717) is 23.3 Å². The maximum absolute atomic E-state index is 11.1. The number of rotatable bonds is 6. The van der Waals surface area contributed by atoms with Crippen LogP contribution in [0.4, 0.5) is 5.82 Å². The Labute approximate surface area is 118 Å². The van der Waals surface area contributed by atoms with Gasteiger partial charge in [-0.05, 0) is 26.2 Å². The van der Waals surface area contributed by atoms with Crippen LogP contribution in [0.3, 0.4) is 0 Å². The molecule has 1 N–H and O–H groups in total. The molecule has 1 aliphatic rings. The number of hydrogen-bond acceptors (Lipinski definition) is 5. The molecule has 1 saturated carbocycles. The molecule has 1 aliphatic carbocycles. The molecule has 0 radical (unpaired) electrons. The molecule has 2 rings (SSSR count). The largest absolute Gasteiger partial charge is 0.367 e. The van der Waals surface area contributed by atoms with E-state index in [1.165, 1.54) is 6.26 Å². The number of hydrogen-bond donors (Lipinski definition) is 1. The molecule has 1 atom stereocenters. The van der Waals surface area contributed by atoms with E-state index in [4.69, 9.17) is 11.6 Å². The maximum Gasteiger partial charge on any atom is 0.147 e. The van der Waals surface area contributed by atoms with Crippen LogP contribution in [0.15, 0.2) is 6.07 Å². The predicted molar refractivity (Wildman–Crippen MR) is 76.4 cm³/mol. The van der Waals surface area contributed by atoms with Crippen molar-refractivity contribution < 1.29 is 8.42 Å². The molecule has 1 aromatic heterocycles. The van der Waals surface area contributed by atoms with Crippen LogP contribution in [0, 0.1) is 0 Å². The van der Waals surface area contributed by atoms with Gasteiger partial charge in [-0.3, -0.25) is 0 Å². The fourth-order valence-electron chi connectivity index (χ4n) is 1.75. The van der Waals surface area contributed by atoms with Crippen molar-refractivity contribution >= 4 is 27.3 Å². The Morgan fingerprint density at radius 3 is 2.74 bits per heavy atom. The molecule has 0 saturated heterocycles. The summed E-state index contributed by atoms with van der Waals surface area (Å²) in [4.78, 5) is 8.63. The summed E-state index contributed by atoms with van der Waals surface area (Å²) in [6, 6.07) is 1.69. The Hall–Kier alpha value is -0.880. The van der Waals surface area contributed by atoms with Crippen LogP contribution in [-0.4, -0.2) is 36.4 Å². The summed E-state index contributed by atoms with van der Waals surface area (Å²) >= 11 is 5.97. The zero-order valence-electron chi connectivity index (χ0n) is 11.1. The van der Waals surface area contributed by atoms with Gasteiger partial charge in [-0.1, -0.05) is 11.6 Å². The van der Waals surface area contributed by atoms with Crippen LogP contribution in [0.5, 0.6) is 0 Å². The molecule has 106 valence electrons. The minimum Gasteiger partial charge on any atom is -0.367 e. The van der Waals surface area contributed by atoms with Gasteiger partial charge in [0.25, 0.3) is 0 Å². The van der Waals surface area contributed by atoms with Crippen LogP contribution in [-0.2, 0) is 9.84 Å². The van der Waals surface area contributed by atoms with E-state index in [0.717, 1.165) is 18.7 Å². The summed E-state index contributed by atoms with van der Waals surface area (Å²) < 4.78 is 22.2. The maximum atomic E-state index is 11.1. The van der Waals surface area contributed by atoms with E-state index in [2.05, 4.69) is 15.3 Å². The molecule has 0 aliphatic heterocycles. The van der Waals surface area contributed by atoms with Crippen LogP contribution < -0.4 is 5.32 Å². The Morgan fingerprint density at radius 1 is 1.47 bits per heavy atom. The van der Waals surface area contributed by atoms with E-state index in [1.54, 1.807) is 6.07 Å². The van der Waals surface area contributed by atoms with Gasteiger partial charge >= 0.3 is 0 Å². The standard InChI is InChI=1S/C12H18ClN3O2S/c1-8(5-6-19(2,17)18)14-11-7-10(13)15-12(16-11)9-3-4-9/h7-9H,3-6H2,1-2H3,(H,14,15,16). The lowest BCUT2D eigenvalue weighted by atomic mass is 10.2. The third kappa shape index (κ3) is 4.95. The van der Waals surface area contributed by atoms with Gasteiger partial charge in [0.15, 0.2) is 0 Å². The Kier molecular flexibility index (Phi) is 4.30. The average molecular weight is 304 g/mol. The predicted octanol–water partition coefficient (Wildman–Crippen LogP) is 2.24. The lowest BCUT2D eigenvalue weighted by Gasteiger charge is -2.14. The highest BCUT2D eigenvalue weighted by atomic mass is 35.5. The van der Waals surface area contributed by atoms with Gasteiger partial charge < -0.3 is 5.32 Å². The van der Waals surface area contributed by atoms with Crippen LogP contribution in [0.25, 0.3) is 0 Å². The summed E-state index contributed by atoms with van der Waals surface area (Å²) in [5.41, 5.74) is 0. The van der Waals surface area contributed by atoms with Gasteiger partial charge in [0.2, 0.25) is 0 Å². The number of anilines is 1.